The number of aromatic hydroxyl groups is 2. The third-order valence-electron chi connectivity index (χ3n) is 1.98. The van der Waals surface area contributed by atoms with Gasteiger partial charge in [0.25, 0.3) is 0 Å². The van der Waals surface area contributed by atoms with Crippen molar-refractivity contribution in [2.75, 3.05) is 0 Å². The summed E-state index contributed by atoms with van der Waals surface area (Å²) in [6.45, 7) is 0.118. The molecule has 0 atom stereocenters. The van der Waals surface area contributed by atoms with Crippen molar-refractivity contribution >= 4 is 39.7 Å². The van der Waals surface area contributed by atoms with Crippen LogP contribution in [0.5, 0.6) is 11.6 Å². The molecule has 0 saturated carbocycles. The molecule has 1 heterocycles. The van der Waals surface area contributed by atoms with Gasteiger partial charge in [-0.3, -0.25) is 0 Å². The molecule has 18 heavy (non-hydrogen) atoms. The van der Waals surface area contributed by atoms with Gasteiger partial charge in [0.2, 0.25) is 11.0 Å². The second kappa shape index (κ2) is 5.51. The quantitative estimate of drug-likeness (QED) is 0.836. The third kappa shape index (κ3) is 3.10. The van der Waals surface area contributed by atoms with Gasteiger partial charge in [-0.1, -0.05) is 34.5 Å². The van der Waals surface area contributed by atoms with E-state index in [0.717, 1.165) is 11.3 Å². The molecule has 8 heteroatoms. The predicted molar refractivity (Wildman–Crippen MR) is 70.1 cm³/mol. The summed E-state index contributed by atoms with van der Waals surface area (Å²) in [5, 5.41) is 28.7. The zero-order chi connectivity index (χ0) is 13.1. The fourth-order valence-electron chi connectivity index (χ4n) is 1.21. The lowest BCUT2D eigenvalue weighted by Crippen LogP contribution is -1.83. The van der Waals surface area contributed by atoms with Gasteiger partial charge >= 0.3 is 0 Å². The lowest BCUT2D eigenvalue weighted by atomic mass is 10.2. The Kier molecular flexibility index (Phi) is 4.00. The van der Waals surface area contributed by atoms with E-state index < -0.39 is 0 Å². The molecule has 0 unspecified atom stereocenters. The second-order valence-corrected chi connectivity index (χ2v) is 4.96. The highest BCUT2D eigenvalue weighted by Gasteiger charge is 2.07. The van der Waals surface area contributed by atoms with Gasteiger partial charge in [0.15, 0.2) is 0 Å². The van der Waals surface area contributed by atoms with Gasteiger partial charge in [-0.05, 0) is 12.1 Å². The van der Waals surface area contributed by atoms with Crippen molar-refractivity contribution in [1.82, 2.24) is 4.98 Å². The van der Waals surface area contributed by atoms with E-state index in [1.54, 1.807) is 6.07 Å². The highest BCUT2D eigenvalue weighted by molar-refractivity contribution is 7.13. The molecule has 0 aliphatic heterocycles. The van der Waals surface area contributed by atoms with Crippen molar-refractivity contribution in [2.24, 2.45) is 10.2 Å². The first-order valence-electron chi connectivity index (χ1n) is 4.75. The van der Waals surface area contributed by atoms with Gasteiger partial charge in [0.05, 0.1) is 16.9 Å². The Bertz CT molecular complexity index is 601. The maximum Gasteiger partial charge on any atom is 0.232 e. The lowest BCUT2D eigenvalue weighted by Gasteiger charge is -2.03. The van der Waals surface area contributed by atoms with Crippen LogP contribution in [-0.2, 0) is 6.54 Å². The maximum atomic E-state index is 9.68. The molecule has 0 amide bonds. The number of azo groups is 1. The summed E-state index contributed by atoms with van der Waals surface area (Å²) >= 11 is 12.7. The number of hydrogen-bond acceptors (Lipinski definition) is 6. The molecule has 1 aromatic heterocycles. The number of phenolic OH excluding ortho intramolecular Hbond substituents is 1. The average molecular weight is 304 g/mol. The Hall–Kier alpha value is -1.37. The first kappa shape index (κ1) is 13.1. The predicted octanol–water partition coefficient (Wildman–Crippen LogP) is 4.15. The first-order chi connectivity index (χ1) is 8.56. The van der Waals surface area contributed by atoms with Crippen LogP contribution in [-0.4, -0.2) is 15.2 Å². The van der Waals surface area contributed by atoms with Crippen LogP contribution in [0.25, 0.3) is 0 Å². The van der Waals surface area contributed by atoms with E-state index in [1.807, 2.05) is 0 Å². The van der Waals surface area contributed by atoms with Crippen LogP contribution in [0.15, 0.2) is 27.7 Å². The fraction of sp³-hybridized carbons (Fsp3) is 0.100. The molecule has 0 bridgehead atoms. The van der Waals surface area contributed by atoms with E-state index in [2.05, 4.69) is 15.2 Å². The van der Waals surface area contributed by atoms with Gasteiger partial charge in [-0.25, -0.2) is 0 Å². The zero-order valence-corrected chi connectivity index (χ0v) is 11.2. The first-order valence-corrected chi connectivity index (χ1v) is 6.38. The molecule has 2 aromatic rings. The van der Waals surface area contributed by atoms with E-state index in [9.17, 15) is 5.11 Å². The summed E-state index contributed by atoms with van der Waals surface area (Å²) in [6.07, 6.45) is 0. The Morgan fingerprint density at radius 2 is 2.06 bits per heavy atom. The van der Waals surface area contributed by atoms with Gasteiger partial charge in [-0.2, -0.15) is 10.1 Å². The third-order valence-corrected chi connectivity index (χ3v) is 3.20. The summed E-state index contributed by atoms with van der Waals surface area (Å²) in [7, 11) is 0. The van der Waals surface area contributed by atoms with E-state index in [-0.39, 0.29) is 23.2 Å². The molecular weight excluding hydrogens is 297 g/mol. The number of halogens is 2. The monoisotopic (exact) mass is 303 g/mol. The maximum absolute atomic E-state index is 9.68. The Balaban J connectivity index is 2.13. The van der Waals surface area contributed by atoms with E-state index in [1.165, 1.54) is 11.4 Å². The summed E-state index contributed by atoms with van der Waals surface area (Å²) in [6, 6.07) is 3.00. The van der Waals surface area contributed by atoms with Crippen LogP contribution in [0, 0.1) is 0 Å². The fourth-order valence-corrected chi connectivity index (χ4v) is 2.26. The van der Waals surface area contributed by atoms with Gasteiger partial charge in [0.1, 0.15) is 5.75 Å². The normalized spacial score (nSPS) is 11.2. The largest absolute Gasteiger partial charge is 0.506 e. The van der Waals surface area contributed by atoms with Gasteiger partial charge < -0.3 is 10.2 Å². The summed E-state index contributed by atoms with van der Waals surface area (Å²) < 4.78 is 0. The molecule has 5 nitrogen and oxygen atoms in total. The smallest absolute Gasteiger partial charge is 0.232 e. The van der Waals surface area contributed by atoms with Crippen molar-refractivity contribution in [2.45, 2.75) is 6.54 Å². The number of rotatable bonds is 3. The molecular formula is C10H7Cl2N3O2S. The highest BCUT2D eigenvalue weighted by atomic mass is 35.5. The molecule has 2 rings (SSSR count). The minimum Gasteiger partial charge on any atom is -0.506 e. The van der Waals surface area contributed by atoms with Crippen LogP contribution in [0.1, 0.15) is 5.56 Å². The number of phenols is 1. The topological polar surface area (TPSA) is 78.1 Å². The molecule has 0 aliphatic carbocycles. The number of aromatic nitrogens is 1. The van der Waals surface area contributed by atoms with E-state index >= 15 is 0 Å². The van der Waals surface area contributed by atoms with Crippen LogP contribution < -0.4 is 0 Å². The molecule has 0 radical (unpaired) electrons. The number of nitrogens with zero attached hydrogens (tertiary/aromatic N) is 3. The van der Waals surface area contributed by atoms with Gasteiger partial charge in [0, 0.05) is 10.6 Å². The molecule has 0 fully saturated rings. The lowest BCUT2D eigenvalue weighted by molar-refractivity contribution is 0.457. The molecule has 2 N–H and O–H groups in total. The zero-order valence-electron chi connectivity index (χ0n) is 8.84. The second-order valence-electron chi connectivity index (χ2n) is 3.28. The van der Waals surface area contributed by atoms with Crippen molar-refractivity contribution in [3.05, 3.63) is 33.1 Å². The Morgan fingerprint density at radius 1 is 1.28 bits per heavy atom. The Morgan fingerprint density at radius 3 is 2.72 bits per heavy atom. The molecule has 0 aliphatic rings. The number of benzene rings is 1. The van der Waals surface area contributed by atoms with Crippen molar-refractivity contribution in [1.29, 1.82) is 0 Å². The highest BCUT2D eigenvalue weighted by Crippen LogP contribution is 2.32. The van der Waals surface area contributed by atoms with Crippen LogP contribution in [0.4, 0.5) is 5.13 Å². The molecule has 1 aromatic carbocycles. The SMILES string of the molecule is Oc1csc(N=NCc2cc(Cl)cc(Cl)c2O)n1. The summed E-state index contributed by atoms with van der Waals surface area (Å²) in [5.74, 6) is -0.162. The minimum atomic E-state index is -0.0948. The van der Waals surface area contributed by atoms with E-state index in [4.69, 9.17) is 28.3 Å². The molecule has 0 spiro atoms. The number of hydrogen-bond donors (Lipinski definition) is 2. The average Bonchev–Trinajstić information content (AvgIpc) is 2.71. The van der Waals surface area contributed by atoms with Crippen molar-refractivity contribution < 1.29 is 10.2 Å². The van der Waals surface area contributed by atoms with Crippen LogP contribution in [0.3, 0.4) is 0 Å². The summed E-state index contributed by atoms with van der Waals surface area (Å²) in [5.41, 5.74) is 0.469. The summed E-state index contributed by atoms with van der Waals surface area (Å²) in [4.78, 5) is 3.70. The van der Waals surface area contributed by atoms with Crippen molar-refractivity contribution in [3.63, 3.8) is 0 Å². The standard InChI is InChI=1S/C10H7Cl2N3O2S/c11-6-1-5(9(17)7(12)2-6)3-13-15-10-14-8(16)4-18-10/h1-2,4,16-17H,3H2. The molecule has 94 valence electrons. The van der Waals surface area contributed by atoms with Crippen LogP contribution in [0.2, 0.25) is 10.0 Å². The molecule has 0 saturated heterocycles. The van der Waals surface area contributed by atoms with Gasteiger partial charge in [-0.15, -0.1) is 5.11 Å². The number of thiazole rings is 1. The van der Waals surface area contributed by atoms with E-state index in [0.29, 0.717) is 15.7 Å². The van der Waals surface area contributed by atoms with Crippen molar-refractivity contribution in [3.8, 4) is 11.6 Å². The minimum absolute atomic E-state index is 0.0676. The van der Waals surface area contributed by atoms with Crippen LogP contribution >= 0.6 is 34.5 Å². The Labute approximate surface area is 116 Å².